The molecule has 0 atom stereocenters. The summed E-state index contributed by atoms with van der Waals surface area (Å²) in [6.45, 7) is 0. The van der Waals surface area contributed by atoms with Crippen molar-refractivity contribution >= 4 is 33.2 Å². The third kappa shape index (κ3) is 4.11. The summed E-state index contributed by atoms with van der Waals surface area (Å²) in [5.74, 6) is -1.26. The molecule has 0 fully saturated rings. The van der Waals surface area contributed by atoms with E-state index in [1.807, 2.05) is 17.5 Å². The fourth-order valence-corrected chi connectivity index (χ4v) is 3.89. The van der Waals surface area contributed by atoms with Crippen molar-refractivity contribution in [1.29, 1.82) is 0 Å². The number of sulfonamides is 1. The van der Waals surface area contributed by atoms with E-state index in [9.17, 15) is 18.0 Å². The van der Waals surface area contributed by atoms with Gasteiger partial charge in [0.1, 0.15) is 0 Å². The van der Waals surface area contributed by atoms with Gasteiger partial charge >= 0.3 is 0 Å². The lowest BCUT2D eigenvalue weighted by atomic mass is 10.2. The fourth-order valence-electron chi connectivity index (χ4n) is 2.25. The van der Waals surface area contributed by atoms with E-state index in [0.717, 1.165) is 9.18 Å². The number of carbonyl (C=O) groups is 2. The van der Waals surface area contributed by atoms with E-state index in [4.69, 9.17) is 0 Å². The molecule has 0 aliphatic rings. The number of hydrogen-bond acceptors (Lipinski definition) is 6. The normalized spacial score (nSPS) is 11.4. The predicted molar refractivity (Wildman–Crippen MR) is 104 cm³/mol. The molecule has 2 amide bonds. The molecule has 0 spiro atoms. The van der Waals surface area contributed by atoms with Crippen molar-refractivity contribution in [1.82, 2.24) is 25.4 Å². The molecule has 0 bridgehead atoms. The van der Waals surface area contributed by atoms with E-state index < -0.39 is 21.8 Å². The molecule has 3 rings (SSSR count). The molecule has 3 N–H and O–H groups in total. The van der Waals surface area contributed by atoms with E-state index >= 15 is 0 Å². The van der Waals surface area contributed by atoms with Gasteiger partial charge in [0, 0.05) is 19.7 Å². The highest BCUT2D eigenvalue weighted by atomic mass is 32.2. The van der Waals surface area contributed by atoms with Gasteiger partial charge in [0.2, 0.25) is 10.0 Å². The van der Waals surface area contributed by atoms with Crippen molar-refractivity contribution < 1.29 is 18.0 Å². The van der Waals surface area contributed by atoms with Crippen LogP contribution in [0.1, 0.15) is 20.8 Å². The van der Waals surface area contributed by atoms with Crippen LogP contribution in [0.15, 0.2) is 52.7 Å². The van der Waals surface area contributed by atoms with Crippen LogP contribution >= 0.6 is 11.3 Å². The topological polar surface area (TPSA) is 124 Å². The predicted octanol–water partition coefficient (Wildman–Crippen LogP) is 1.46. The highest BCUT2D eigenvalue weighted by Gasteiger charge is 2.19. The number of nitrogens with one attached hydrogen (secondary N) is 3. The largest absolute Gasteiger partial charge is 0.290 e. The summed E-state index contributed by atoms with van der Waals surface area (Å²) in [6.07, 6.45) is 0. The van der Waals surface area contributed by atoms with Crippen molar-refractivity contribution in [3.05, 3.63) is 59.1 Å². The van der Waals surface area contributed by atoms with Crippen LogP contribution in [0.3, 0.4) is 0 Å². The van der Waals surface area contributed by atoms with Crippen LogP contribution in [0.5, 0.6) is 0 Å². The Morgan fingerprint density at radius 1 is 1.07 bits per heavy atom. The Balaban J connectivity index is 1.67. The van der Waals surface area contributed by atoms with Gasteiger partial charge in [0.25, 0.3) is 11.8 Å². The lowest BCUT2D eigenvalue weighted by Crippen LogP contribution is -2.41. The van der Waals surface area contributed by atoms with Gasteiger partial charge in [-0.15, -0.1) is 11.3 Å². The first-order valence-corrected chi connectivity index (χ1v) is 10.3. The summed E-state index contributed by atoms with van der Waals surface area (Å²) in [7, 11) is -0.874. The lowest BCUT2D eigenvalue weighted by molar-refractivity contribution is 0.0844. The zero-order valence-electron chi connectivity index (χ0n) is 15.0. The molecule has 2 aromatic heterocycles. The quantitative estimate of drug-likeness (QED) is 0.540. The Kier molecular flexibility index (Phi) is 5.58. The molecule has 1 aromatic carbocycles. The van der Waals surface area contributed by atoms with Crippen LogP contribution in [0.4, 0.5) is 0 Å². The monoisotopic (exact) mass is 419 g/mol. The average molecular weight is 419 g/mol. The van der Waals surface area contributed by atoms with Crippen molar-refractivity contribution in [3.63, 3.8) is 0 Å². The molecule has 28 heavy (non-hydrogen) atoms. The Bertz CT molecular complexity index is 1100. The molecule has 0 aliphatic heterocycles. The number of hydrogen-bond donors (Lipinski definition) is 3. The Hall–Kier alpha value is -3.02. The van der Waals surface area contributed by atoms with Crippen molar-refractivity contribution in [2.45, 2.75) is 4.90 Å². The number of rotatable bonds is 5. The molecule has 0 saturated carbocycles. The lowest BCUT2D eigenvalue weighted by Gasteiger charge is -2.12. The van der Waals surface area contributed by atoms with E-state index in [0.29, 0.717) is 5.69 Å². The standard InChI is InChI=1S/C17H17N5O4S2/c1-22(2)28(25,26)12-6-3-5-11(9-12)16(23)20-21-17(24)14-10-13(18-19-14)15-7-4-8-27-15/h3-10H,1-2H3,(H,18,19)(H,20,23)(H,21,24). The molecular formula is C17H17N5O4S2. The second kappa shape index (κ2) is 7.92. The first-order chi connectivity index (χ1) is 13.3. The fraction of sp³-hybridized carbons (Fsp3) is 0.118. The summed E-state index contributed by atoms with van der Waals surface area (Å²) >= 11 is 1.50. The molecule has 0 unspecified atom stereocenters. The molecule has 0 saturated heterocycles. The number of nitrogens with zero attached hydrogens (tertiary/aromatic N) is 2. The SMILES string of the molecule is CN(C)S(=O)(=O)c1cccc(C(=O)NNC(=O)c2cc(-c3cccs3)[nH]n2)c1. The Morgan fingerprint density at radius 3 is 2.50 bits per heavy atom. The third-order valence-corrected chi connectivity index (χ3v) is 6.48. The number of thiophene rings is 1. The van der Waals surface area contributed by atoms with Crippen LogP contribution in [0.25, 0.3) is 10.6 Å². The van der Waals surface area contributed by atoms with E-state index in [2.05, 4.69) is 21.0 Å². The Morgan fingerprint density at radius 2 is 1.82 bits per heavy atom. The second-order valence-electron chi connectivity index (χ2n) is 5.87. The summed E-state index contributed by atoms with van der Waals surface area (Å²) in [5, 5.41) is 8.58. The van der Waals surface area contributed by atoms with Crippen molar-refractivity contribution in [2.24, 2.45) is 0 Å². The van der Waals surface area contributed by atoms with Crippen molar-refractivity contribution in [3.8, 4) is 10.6 Å². The van der Waals surface area contributed by atoms with Gasteiger partial charge in [-0.2, -0.15) is 5.10 Å². The second-order valence-corrected chi connectivity index (χ2v) is 8.97. The minimum Gasteiger partial charge on any atom is -0.276 e. The van der Waals surface area contributed by atoms with Crippen LogP contribution in [0.2, 0.25) is 0 Å². The average Bonchev–Trinajstić information content (AvgIpc) is 3.37. The maximum absolute atomic E-state index is 12.3. The highest BCUT2D eigenvalue weighted by Crippen LogP contribution is 2.22. The van der Waals surface area contributed by atoms with Gasteiger partial charge in [-0.3, -0.25) is 25.5 Å². The summed E-state index contributed by atoms with van der Waals surface area (Å²) < 4.78 is 25.4. The smallest absolute Gasteiger partial charge is 0.276 e. The van der Waals surface area contributed by atoms with Gasteiger partial charge in [-0.1, -0.05) is 12.1 Å². The summed E-state index contributed by atoms with van der Waals surface area (Å²) in [6, 6.07) is 10.9. The Labute approximate surface area is 165 Å². The minimum absolute atomic E-state index is 0.0237. The number of aromatic nitrogens is 2. The van der Waals surface area contributed by atoms with Gasteiger partial charge in [0.15, 0.2) is 5.69 Å². The zero-order valence-corrected chi connectivity index (χ0v) is 16.6. The van der Waals surface area contributed by atoms with Crippen LogP contribution < -0.4 is 10.9 Å². The van der Waals surface area contributed by atoms with E-state index in [-0.39, 0.29) is 16.2 Å². The summed E-state index contributed by atoms with van der Waals surface area (Å²) in [4.78, 5) is 25.3. The first-order valence-electron chi connectivity index (χ1n) is 8.01. The molecule has 2 heterocycles. The molecule has 146 valence electrons. The number of amides is 2. The van der Waals surface area contributed by atoms with Gasteiger partial charge in [-0.25, -0.2) is 12.7 Å². The first kappa shape index (κ1) is 19.7. The van der Waals surface area contributed by atoms with E-state index in [1.165, 1.54) is 49.7 Å². The molecule has 11 heteroatoms. The van der Waals surface area contributed by atoms with Crippen LogP contribution in [-0.2, 0) is 10.0 Å². The molecule has 0 aliphatic carbocycles. The van der Waals surface area contributed by atoms with E-state index in [1.54, 1.807) is 6.07 Å². The molecule has 9 nitrogen and oxygen atoms in total. The van der Waals surface area contributed by atoms with Gasteiger partial charge < -0.3 is 0 Å². The number of carbonyl (C=O) groups excluding carboxylic acids is 2. The molecule has 0 radical (unpaired) electrons. The highest BCUT2D eigenvalue weighted by molar-refractivity contribution is 7.89. The number of aromatic amines is 1. The number of hydrazine groups is 1. The number of benzene rings is 1. The minimum atomic E-state index is -3.67. The maximum Gasteiger partial charge on any atom is 0.290 e. The van der Waals surface area contributed by atoms with Crippen LogP contribution in [0, 0.1) is 0 Å². The maximum atomic E-state index is 12.3. The third-order valence-electron chi connectivity index (χ3n) is 3.76. The van der Waals surface area contributed by atoms with Crippen molar-refractivity contribution in [2.75, 3.05) is 14.1 Å². The van der Waals surface area contributed by atoms with Crippen LogP contribution in [-0.4, -0.2) is 48.8 Å². The van der Waals surface area contributed by atoms with Gasteiger partial charge in [0.05, 0.1) is 15.5 Å². The molecular weight excluding hydrogens is 402 g/mol. The zero-order chi connectivity index (χ0) is 20.3. The molecule has 3 aromatic rings. The summed E-state index contributed by atoms with van der Waals surface area (Å²) in [5.41, 5.74) is 5.39. The van der Waals surface area contributed by atoms with Gasteiger partial charge in [-0.05, 0) is 35.7 Å². The number of H-pyrrole nitrogens is 1.